The molecule has 0 amide bonds. The first-order chi connectivity index (χ1) is 6.18. The lowest BCUT2D eigenvalue weighted by Gasteiger charge is -2.04. The maximum absolute atomic E-state index is 3.98. The molecule has 74 valence electrons. The van der Waals surface area contributed by atoms with E-state index in [0.29, 0.717) is 0 Å². The van der Waals surface area contributed by atoms with E-state index in [9.17, 15) is 0 Å². The summed E-state index contributed by atoms with van der Waals surface area (Å²) in [5.74, 6) is 0.759. The third kappa shape index (κ3) is 4.03. The minimum Gasteiger partial charge on any atom is -0.311 e. The maximum atomic E-state index is 3.98. The molecule has 1 aromatic heterocycles. The van der Waals surface area contributed by atoms with Gasteiger partial charge in [0.25, 0.3) is 0 Å². The van der Waals surface area contributed by atoms with E-state index in [-0.39, 0.29) is 0 Å². The van der Waals surface area contributed by atoms with Gasteiger partial charge in [0.15, 0.2) is 0 Å². The normalized spacial score (nSPS) is 11.1. The molecule has 0 atom stereocenters. The molecule has 1 heterocycles. The van der Waals surface area contributed by atoms with Crippen LogP contribution in [0.3, 0.4) is 0 Å². The predicted molar refractivity (Wildman–Crippen MR) is 52.2 cm³/mol. The van der Waals surface area contributed by atoms with E-state index in [1.54, 1.807) is 4.68 Å². The van der Waals surface area contributed by atoms with Gasteiger partial charge in [0, 0.05) is 19.8 Å². The standard InChI is InChI=1S/C9H18N4/c1-8(2)4-5-10-6-9-7-13(3)12-11-9/h7-8,10H,4-6H2,1-3H3. The molecule has 0 aromatic carbocycles. The quantitative estimate of drug-likeness (QED) is 0.689. The monoisotopic (exact) mass is 182 g/mol. The van der Waals surface area contributed by atoms with Crippen LogP contribution in [0, 0.1) is 5.92 Å². The van der Waals surface area contributed by atoms with E-state index >= 15 is 0 Å². The Balaban J connectivity index is 2.13. The summed E-state index contributed by atoms with van der Waals surface area (Å²) in [6.45, 7) is 6.32. The van der Waals surface area contributed by atoms with Crippen LogP contribution in [0.4, 0.5) is 0 Å². The summed E-state index contributed by atoms with van der Waals surface area (Å²) in [5.41, 5.74) is 1.01. The summed E-state index contributed by atoms with van der Waals surface area (Å²) < 4.78 is 1.72. The molecule has 0 saturated carbocycles. The van der Waals surface area contributed by atoms with E-state index < -0.39 is 0 Å². The molecule has 4 nitrogen and oxygen atoms in total. The van der Waals surface area contributed by atoms with Gasteiger partial charge in [-0.2, -0.15) is 0 Å². The number of aromatic nitrogens is 3. The van der Waals surface area contributed by atoms with Crippen LogP contribution < -0.4 is 5.32 Å². The van der Waals surface area contributed by atoms with Gasteiger partial charge < -0.3 is 5.32 Å². The second kappa shape index (κ2) is 4.97. The van der Waals surface area contributed by atoms with E-state index in [1.165, 1.54) is 6.42 Å². The highest BCUT2D eigenvalue weighted by Gasteiger charge is 1.97. The third-order valence-electron chi connectivity index (χ3n) is 1.85. The van der Waals surface area contributed by atoms with Crippen molar-refractivity contribution >= 4 is 0 Å². The molecule has 0 radical (unpaired) electrons. The van der Waals surface area contributed by atoms with Gasteiger partial charge in [-0.1, -0.05) is 19.1 Å². The Hall–Kier alpha value is -0.900. The number of hydrogen-bond acceptors (Lipinski definition) is 3. The fourth-order valence-corrected chi connectivity index (χ4v) is 1.08. The Labute approximate surface area is 79.3 Å². The topological polar surface area (TPSA) is 42.7 Å². The molecule has 1 rings (SSSR count). The molecular formula is C9H18N4. The average Bonchev–Trinajstić information content (AvgIpc) is 2.45. The Morgan fingerprint density at radius 1 is 1.54 bits per heavy atom. The van der Waals surface area contributed by atoms with Gasteiger partial charge in [0.1, 0.15) is 0 Å². The molecule has 4 heteroatoms. The molecular weight excluding hydrogens is 164 g/mol. The van der Waals surface area contributed by atoms with Crippen molar-refractivity contribution in [3.8, 4) is 0 Å². The second-order valence-electron chi connectivity index (χ2n) is 3.74. The Morgan fingerprint density at radius 3 is 2.85 bits per heavy atom. The summed E-state index contributed by atoms with van der Waals surface area (Å²) in [5, 5.41) is 11.2. The molecule has 0 aliphatic rings. The first kappa shape index (κ1) is 10.2. The van der Waals surface area contributed by atoms with Gasteiger partial charge >= 0.3 is 0 Å². The van der Waals surface area contributed by atoms with Gasteiger partial charge in [-0.15, -0.1) is 5.10 Å². The first-order valence-electron chi connectivity index (χ1n) is 4.74. The smallest absolute Gasteiger partial charge is 0.0964 e. The molecule has 0 fully saturated rings. The number of aryl methyl sites for hydroxylation is 1. The van der Waals surface area contributed by atoms with Crippen LogP contribution in [0.2, 0.25) is 0 Å². The van der Waals surface area contributed by atoms with Crippen LogP contribution in [-0.4, -0.2) is 21.5 Å². The number of hydrogen-bond donors (Lipinski definition) is 1. The maximum Gasteiger partial charge on any atom is 0.0964 e. The van der Waals surface area contributed by atoms with E-state index in [1.807, 2.05) is 13.2 Å². The van der Waals surface area contributed by atoms with Gasteiger partial charge in [-0.05, 0) is 18.9 Å². The summed E-state index contributed by atoms with van der Waals surface area (Å²) in [7, 11) is 1.88. The summed E-state index contributed by atoms with van der Waals surface area (Å²) in [6, 6.07) is 0. The molecule has 0 saturated heterocycles. The van der Waals surface area contributed by atoms with Crippen LogP contribution in [0.5, 0.6) is 0 Å². The molecule has 0 aliphatic carbocycles. The Morgan fingerprint density at radius 2 is 2.31 bits per heavy atom. The minimum atomic E-state index is 0.759. The minimum absolute atomic E-state index is 0.759. The predicted octanol–water partition coefficient (Wildman–Crippen LogP) is 0.951. The zero-order valence-corrected chi connectivity index (χ0v) is 8.62. The van der Waals surface area contributed by atoms with Crippen LogP contribution in [0.1, 0.15) is 26.0 Å². The van der Waals surface area contributed by atoms with Crippen molar-refractivity contribution in [2.24, 2.45) is 13.0 Å². The summed E-state index contributed by atoms with van der Waals surface area (Å²) >= 11 is 0. The molecule has 0 spiro atoms. The van der Waals surface area contributed by atoms with E-state index in [2.05, 4.69) is 29.5 Å². The van der Waals surface area contributed by atoms with Crippen molar-refractivity contribution in [2.45, 2.75) is 26.8 Å². The van der Waals surface area contributed by atoms with Gasteiger partial charge in [0.05, 0.1) is 5.69 Å². The van der Waals surface area contributed by atoms with Crippen LogP contribution in [0.25, 0.3) is 0 Å². The molecule has 13 heavy (non-hydrogen) atoms. The lowest BCUT2D eigenvalue weighted by Crippen LogP contribution is -2.16. The Kier molecular flexibility index (Phi) is 3.89. The SMILES string of the molecule is CC(C)CCNCc1cn(C)nn1. The lowest BCUT2D eigenvalue weighted by atomic mass is 10.1. The summed E-state index contributed by atoms with van der Waals surface area (Å²) in [4.78, 5) is 0. The third-order valence-corrected chi connectivity index (χ3v) is 1.85. The number of nitrogens with one attached hydrogen (secondary N) is 1. The zero-order chi connectivity index (χ0) is 9.68. The van der Waals surface area contributed by atoms with Gasteiger partial charge in [-0.3, -0.25) is 4.68 Å². The fraction of sp³-hybridized carbons (Fsp3) is 0.778. The van der Waals surface area contributed by atoms with Crippen LogP contribution in [0.15, 0.2) is 6.20 Å². The van der Waals surface area contributed by atoms with E-state index in [4.69, 9.17) is 0 Å². The highest BCUT2D eigenvalue weighted by molar-refractivity contribution is 4.90. The van der Waals surface area contributed by atoms with Gasteiger partial charge in [0.2, 0.25) is 0 Å². The molecule has 1 N–H and O–H groups in total. The van der Waals surface area contributed by atoms with Crippen molar-refractivity contribution in [3.05, 3.63) is 11.9 Å². The highest BCUT2D eigenvalue weighted by atomic mass is 15.4. The van der Waals surface area contributed by atoms with Crippen LogP contribution in [-0.2, 0) is 13.6 Å². The molecule has 0 bridgehead atoms. The Bertz CT molecular complexity index is 242. The highest BCUT2D eigenvalue weighted by Crippen LogP contribution is 1.97. The fourth-order valence-electron chi connectivity index (χ4n) is 1.08. The van der Waals surface area contributed by atoms with Crippen LogP contribution >= 0.6 is 0 Å². The van der Waals surface area contributed by atoms with Gasteiger partial charge in [-0.25, -0.2) is 0 Å². The van der Waals surface area contributed by atoms with Crippen molar-refractivity contribution < 1.29 is 0 Å². The van der Waals surface area contributed by atoms with Crippen molar-refractivity contribution in [2.75, 3.05) is 6.54 Å². The largest absolute Gasteiger partial charge is 0.311 e. The van der Waals surface area contributed by atoms with Crippen molar-refractivity contribution in [1.29, 1.82) is 0 Å². The van der Waals surface area contributed by atoms with Crippen molar-refractivity contribution in [3.63, 3.8) is 0 Å². The first-order valence-corrected chi connectivity index (χ1v) is 4.74. The number of rotatable bonds is 5. The second-order valence-corrected chi connectivity index (χ2v) is 3.74. The molecule has 0 aliphatic heterocycles. The lowest BCUT2D eigenvalue weighted by molar-refractivity contribution is 0.534. The average molecular weight is 182 g/mol. The van der Waals surface area contributed by atoms with Crippen molar-refractivity contribution in [1.82, 2.24) is 20.3 Å². The zero-order valence-electron chi connectivity index (χ0n) is 8.62. The molecule has 0 unspecified atom stereocenters. The van der Waals surface area contributed by atoms with E-state index in [0.717, 1.165) is 24.7 Å². The molecule has 1 aromatic rings. The number of nitrogens with zero attached hydrogens (tertiary/aromatic N) is 3. The summed E-state index contributed by atoms with van der Waals surface area (Å²) in [6.07, 6.45) is 3.14.